The Kier molecular flexibility index (Phi) is 5.27. The fourth-order valence-corrected chi connectivity index (χ4v) is 6.32. The number of hydrogen-bond donors (Lipinski definition) is 1. The molecule has 4 aliphatic carbocycles. The van der Waals surface area contributed by atoms with E-state index in [0.29, 0.717) is 5.04 Å². The van der Waals surface area contributed by atoms with Crippen molar-refractivity contribution in [3.05, 3.63) is 24.3 Å². The summed E-state index contributed by atoms with van der Waals surface area (Å²) in [7, 11) is -1.57. The van der Waals surface area contributed by atoms with E-state index in [1.54, 1.807) is 0 Å². The number of rotatable bonds is 9. The molecule has 0 heterocycles. The summed E-state index contributed by atoms with van der Waals surface area (Å²) in [6.45, 7) is 13.0. The van der Waals surface area contributed by atoms with Crippen molar-refractivity contribution >= 4 is 8.32 Å². The van der Waals surface area contributed by atoms with Gasteiger partial charge in [0.05, 0.1) is 6.61 Å². The predicted octanol–water partition coefficient (Wildman–Crippen LogP) is 5.66. The fourth-order valence-electron chi connectivity index (χ4n) is 5.26. The molecule has 0 aromatic heterocycles. The van der Waals surface area contributed by atoms with E-state index in [-0.39, 0.29) is 6.61 Å². The summed E-state index contributed by atoms with van der Waals surface area (Å²) in [4.78, 5) is 0. The van der Waals surface area contributed by atoms with Crippen molar-refractivity contribution in [1.82, 2.24) is 0 Å². The minimum atomic E-state index is -1.57. The maximum atomic E-state index is 8.78. The van der Waals surface area contributed by atoms with Crippen LogP contribution in [-0.4, -0.2) is 26.6 Å². The molecule has 0 unspecified atom stereocenters. The number of aliphatic hydroxyl groups excluding tert-OH is 1. The number of aliphatic hydroxyl groups is 1. The second kappa shape index (κ2) is 7.14. The molecule has 1 N–H and O–H groups in total. The van der Waals surface area contributed by atoms with E-state index in [4.69, 9.17) is 9.53 Å². The maximum Gasteiger partial charge on any atom is 0.191 e. The molecule has 2 nitrogen and oxygen atoms in total. The topological polar surface area (TPSA) is 29.5 Å². The molecule has 0 aromatic rings. The van der Waals surface area contributed by atoms with Crippen LogP contribution in [0.25, 0.3) is 0 Å². The van der Waals surface area contributed by atoms with Gasteiger partial charge in [-0.25, -0.2) is 0 Å². The molecule has 4 fully saturated rings. The van der Waals surface area contributed by atoms with Crippen molar-refractivity contribution < 1.29 is 9.53 Å². The molecule has 27 heavy (non-hydrogen) atoms. The highest BCUT2D eigenvalue weighted by atomic mass is 28.4. The average molecular weight is 389 g/mol. The first-order chi connectivity index (χ1) is 12.7. The third-order valence-corrected chi connectivity index (χ3v) is 13.0. The summed E-state index contributed by atoms with van der Waals surface area (Å²) >= 11 is 0. The first kappa shape index (κ1) is 19.9. The van der Waals surface area contributed by atoms with Crippen molar-refractivity contribution in [2.24, 2.45) is 47.3 Å². The van der Waals surface area contributed by atoms with E-state index in [2.05, 4.69) is 46.0 Å². The standard InChI is InChI=1S/C24H40O2Si/c1-24(2,3)27(4,5)26-15-17-12-19(17)21-14-23(21)22-13-20(22)18-11-16(18)9-7-6-8-10-25/h6-9,16-23,25H,10-15H2,1-5H3/b8-6+,9-7+/t16-,17+,18-,19-,20+,21+,22-,23-/m1/s1. The normalized spacial score (nSPS) is 43.5. The SMILES string of the molecule is CC(C)(C)[Si](C)(C)OC[C@@H]1C[C@H]1[C@@H]1C[C@H]1[C@@H]1C[C@H]1[C@@H]1C[C@H]1/C=C/C=C/CO. The van der Waals surface area contributed by atoms with Gasteiger partial charge in [-0.2, -0.15) is 0 Å². The molecule has 4 rings (SSSR count). The van der Waals surface area contributed by atoms with Crippen LogP contribution < -0.4 is 0 Å². The Bertz CT molecular complexity index is 602. The smallest absolute Gasteiger partial charge is 0.191 e. The fraction of sp³-hybridized carbons (Fsp3) is 0.833. The molecule has 3 heteroatoms. The summed E-state index contributed by atoms with van der Waals surface area (Å²) in [6.07, 6.45) is 14.2. The van der Waals surface area contributed by atoms with E-state index in [9.17, 15) is 0 Å². The van der Waals surface area contributed by atoms with Crippen LogP contribution in [0.15, 0.2) is 24.3 Å². The third kappa shape index (κ3) is 4.46. The van der Waals surface area contributed by atoms with Gasteiger partial charge in [-0.1, -0.05) is 45.1 Å². The van der Waals surface area contributed by atoms with E-state index in [0.717, 1.165) is 54.0 Å². The van der Waals surface area contributed by atoms with Gasteiger partial charge in [0.2, 0.25) is 0 Å². The third-order valence-electron chi connectivity index (χ3n) is 8.48. The van der Waals surface area contributed by atoms with Crippen molar-refractivity contribution in [3.63, 3.8) is 0 Å². The summed E-state index contributed by atoms with van der Waals surface area (Å²) in [6, 6.07) is 0. The lowest BCUT2D eigenvalue weighted by Crippen LogP contribution is -2.41. The summed E-state index contributed by atoms with van der Waals surface area (Å²) in [5, 5.41) is 9.11. The molecule has 0 bridgehead atoms. The second-order valence-electron chi connectivity index (χ2n) is 11.4. The van der Waals surface area contributed by atoms with E-state index in [1.165, 1.54) is 25.7 Å². The van der Waals surface area contributed by atoms with Crippen molar-refractivity contribution in [2.45, 2.75) is 64.6 Å². The maximum absolute atomic E-state index is 8.78. The first-order valence-electron chi connectivity index (χ1n) is 11.3. The molecule has 8 atom stereocenters. The highest BCUT2D eigenvalue weighted by Crippen LogP contribution is 2.70. The van der Waals surface area contributed by atoms with Gasteiger partial charge in [-0.05, 0) is 91.2 Å². The van der Waals surface area contributed by atoms with Gasteiger partial charge in [0, 0.05) is 6.61 Å². The van der Waals surface area contributed by atoms with Crippen LogP contribution in [0.1, 0.15) is 46.5 Å². The minimum absolute atomic E-state index is 0.148. The lowest BCUT2D eigenvalue weighted by molar-refractivity contribution is 0.261. The van der Waals surface area contributed by atoms with Gasteiger partial charge < -0.3 is 9.53 Å². The average Bonchev–Trinajstić information content (AvgIpc) is 3.38. The van der Waals surface area contributed by atoms with E-state index < -0.39 is 8.32 Å². The molecule has 4 saturated carbocycles. The Morgan fingerprint density at radius 3 is 2.15 bits per heavy atom. The molecule has 0 aromatic carbocycles. The second-order valence-corrected chi connectivity index (χ2v) is 16.2. The molecule has 0 saturated heterocycles. The minimum Gasteiger partial charge on any atom is -0.417 e. The Morgan fingerprint density at radius 2 is 1.52 bits per heavy atom. The van der Waals surface area contributed by atoms with Gasteiger partial charge in [0.25, 0.3) is 0 Å². The summed E-state index contributed by atoms with van der Waals surface area (Å²) in [5.74, 6) is 7.90. The van der Waals surface area contributed by atoms with Crippen LogP contribution in [0.5, 0.6) is 0 Å². The first-order valence-corrected chi connectivity index (χ1v) is 14.2. The Balaban J connectivity index is 1.15. The molecule has 4 aliphatic rings. The van der Waals surface area contributed by atoms with Crippen LogP contribution in [0.3, 0.4) is 0 Å². The molecule has 0 radical (unpaired) electrons. The van der Waals surface area contributed by atoms with Gasteiger partial charge in [-0.15, -0.1) is 0 Å². The Morgan fingerprint density at radius 1 is 0.889 bits per heavy atom. The molecule has 0 amide bonds. The zero-order valence-corrected chi connectivity index (χ0v) is 19.0. The number of allylic oxidation sites excluding steroid dienone is 3. The van der Waals surface area contributed by atoms with Crippen LogP contribution in [0, 0.1) is 47.3 Å². The zero-order valence-electron chi connectivity index (χ0n) is 18.0. The van der Waals surface area contributed by atoms with Gasteiger partial charge in [0.15, 0.2) is 8.32 Å². The summed E-state index contributed by atoms with van der Waals surface area (Å²) in [5.41, 5.74) is 0. The largest absolute Gasteiger partial charge is 0.417 e. The van der Waals surface area contributed by atoms with E-state index in [1.807, 2.05) is 12.2 Å². The lowest BCUT2D eigenvalue weighted by atomic mass is 10.1. The van der Waals surface area contributed by atoms with Crippen LogP contribution in [-0.2, 0) is 4.43 Å². The lowest BCUT2D eigenvalue weighted by Gasteiger charge is -2.36. The zero-order chi connectivity index (χ0) is 19.4. The summed E-state index contributed by atoms with van der Waals surface area (Å²) < 4.78 is 6.49. The molecule has 152 valence electrons. The van der Waals surface area contributed by atoms with Crippen molar-refractivity contribution in [1.29, 1.82) is 0 Å². The molecular formula is C24H40O2Si. The van der Waals surface area contributed by atoms with Crippen LogP contribution >= 0.6 is 0 Å². The molecule has 0 aliphatic heterocycles. The van der Waals surface area contributed by atoms with Gasteiger partial charge in [0.1, 0.15) is 0 Å². The number of hydrogen-bond acceptors (Lipinski definition) is 2. The van der Waals surface area contributed by atoms with Gasteiger partial charge >= 0.3 is 0 Å². The van der Waals surface area contributed by atoms with Gasteiger partial charge in [-0.3, -0.25) is 0 Å². The molecule has 0 spiro atoms. The molecular weight excluding hydrogens is 348 g/mol. The van der Waals surface area contributed by atoms with Crippen LogP contribution in [0.4, 0.5) is 0 Å². The van der Waals surface area contributed by atoms with Crippen LogP contribution in [0.2, 0.25) is 18.1 Å². The van der Waals surface area contributed by atoms with Crippen molar-refractivity contribution in [3.8, 4) is 0 Å². The predicted molar refractivity (Wildman–Crippen MR) is 115 cm³/mol. The quantitative estimate of drug-likeness (QED) is 0.408. The highest BCUT2D eigenvalue weighted by molar-refractivity contribution is 6.74. The highest BCUT2D eigenvalue weighted by Gasteiger charge is 2.63. The Labute approximate surface area is 167 Å². The van der Waals surface area contributed by atoms with Crippen molar-refractivity contribution in [2.75, 3.05) is 13.2 Å². The monoisotopic (exact) mass is 388 g/mol. The van der Waals surface area contributed by atoms with E-state index >= 15 is 0 Å². The Hall–Kier alpha value is -0.383.